The molecular weight excluding hydrogens is 250 g/mol. The van der Waals surface area contributed by atoms with E-state index >= 15 is 0 Å². The second-order valence-corrected chi connectivity index (χ2v) is 4.09. The minimum Gasteiger partial charge on any atom is -0.347 e. The van der Waals surface area contributed by atoms with Crippen molar-refractivity contribution in [1.29, 1.82) is 5.26 Å². The average Bonchev–Trinajstić information content (AvgIpc) is 2.52. The van der Waals surface area contributed by atoms with Gasteiger partial charge in [0.1, 0.15) is 11.6 Å². The van der Waals surface area contributed by atoms with Crippen LogP contribution in [0.1, 0.15) is 11.3 Å². The van der Waals surface area contributed by atoms with E-state index < -0.39 is 5.91 Å². The van der Waals surface area contributed by atoms with Gasteiger partial charge < -0.3 is 5.32 Å². The number of rotatable bonds is 4. The maximum absolute atomic E-state index is 11.9. The molecule has 0 bridgehead atoms. The van der Waals surface area contributed by atoms with Gasteiger partial charge in [0.15, 0.2) is 0 Å². The van der Waals surface area contributed by atoms with Gasteiger partial charge in [-0.25, -0.2) is 0 Å². The van der Waals surface area contributed by atoms with Gasteiger partial charge in [0, 0.05) is 12.7 Å². The van der Waals surface area contributed by atoms with E-state index in [4.69, 9.17) is 5.26 Å². The monoisotopic (exact) mass is 263 g/mol. The van der Waals surface area contributed by atoms with Gasteiger partial charge in [-0.3, -0.25) is 9.78 Å². The molecule has 0 saturated carbocycles. The zero-order chi connectivity index (χ0) is 14.2. The first-order valence-corrected chi connectivity index (χ1v) is 6.14. The van der Waals surface area contributed by atoms with Crippen molar-refractivity contribution in [1.82, 2.24) is 10.3 Å². The van der Waals surface area contributed by atoms with E-state index in [1.54, 1.807) is 24.4 Å². The summed E-state index contributed by atoms with van der Waals surface area (Å²) in [6, 6.07) is 16.7. The Hall–Kier alpha value is -2.93. The molecule has 2 rings (SSSR count). The van der Waals surface area contributed by atoms with Gasteiger partial charge in [-0.15, -0.1) is 0 Å². The lowest BCUT2D eigenvalue weighted by molar-refractivity contribution is -0.117. The Morgan fingerprint density at radius 1 is 1.20 bits per heavy atom. The highest BCUT2D eigenvalue weighted by molar-refractivity contribution is 6.01. The lowest BCUT2D eigenvalue weighted by Crippen LogP contribution is -2.23. The molecule has 0 aliphatic rings. The van der Waals surface area contributed by atoms with Crippen LogP contribution in [0.3, 0.4) is 0 Å². The molecule has 1 heterocycles. The number of benzene rings is 1. The molecule has 4 nitrogen and oxygen atoms in total. The Morgan fingerprint density at radius 2 is 1.95 bits per heavy atom. The van der Waals surface area contributed by atoms with Crippen molar-refractivity contribution in [3.05, 3.63) is 71.6 Å². The third kappa shape index (κ3) is 3.79. The summed E-state index contributed by atoms with van der Waals surface area (Å²) in [7, 11) is 0. The molecule has 1 aromatic heterocycles. The van der Waals surface area contributed by atoms with Crippen LogP contribution in [0.2, 0.25) is 0 Å². The van der Waals surface area contributed by atoms with E-state index in [9.17, 15) is 4.79 Å². The van der Waals surface area contributed by atoms with Gasteiger partial charge in [0.25, 0.3) is 5.91 Å². The molecule has 1 amide bonds. The molecule has 0 unspecified atom stereocenters. The summed E-state index contributed by atoms with van der Waals surface area (Å²) in [5, 5.41) is 11.8. The van der Waals surface area contributed by atoms with Crippen LogP contribution >= 0.6 is 0 Å². The molecule has 2 aromatic rings. The molecule has 0 saturated heterocycles. The van der Waals surface area contributed by atoms with Gasteiger partial charge in [-0.05, 0) is 23.8 Å². The molecular formula is C16H13N3O. The van der Waals surface area contributed by atoms with Crippen LogP contribution in [0.25, 0.3) is 6.08 Å². The van der Waals surface area contributed by atoms with Crippen molar-refractivity contribution in [3.8, 4) is 6.07 Å². The van der Waals surface area contributed by atoms with Crippen LogP contribution in [0.5, 0.6) is 0 Å². The molecule has 98 valence electrons. The van der Waals surface area contributed by atoms with Crippen LogP contribution in [-0.4, -0.2) is 10.9 Å². The summed E-state index contributed by atoms with van der Waals surface area (Å²) in [5.74, 6) is -0.401. The summed E-state index contributed by atoms with van der Waals surface area (Å²) in [6.07, 6.45) is 3.09. The summed E-state index contributed by atoms with van der Waals surface area (Å²) in [6.45, 7) is 0.390. The minimum absolute atomic E-state index is 0.0413. The number of pyridine rings is 1. The van der Waals surface area contributed by atoms with Crippen LogP contribution in [-0.2, 0) is 11.3 Å². The van der Waals surface area contributed by atoms with Crippen molar-refractivity contribution in [2.24, 2.45) is 0 Å². The molecule has 0 aliphatic heterocycles. The molecule has 0 spiro atoms. The molecule has 1 aromatic carbocycles. The van der Waals surface area contributed by atoms with Crippen molar-refractivity contribution < 1.29 is 4.79 Å². The van der Waals surface area contributed by atoms with Gasteiger partial charge in [-0.2, -0.15) is 5.26 Å². The van der Waals surface area contributed by atoms with E-state index in [0.29, 0.717) is 12.2 Å². The van der Waals surface area contributed by atoms with E-state index in [1.807, 2.05) is 36.4 Å². The summed E-state index contributed by atoms with van der Waals surface area (Å²) in [5.41, 5.74) is 1.61. The zero-order valence-electron chi connectivity index (χ0n) is 10.8. The van der Waals surface area contributed by atoms with Crippen LogP contribution in [0, 0.1) is 11.3 Å². The number of carbonyl (C=O) groups is 1. The fraction of sp³-hybridized carbons (Fsp3) is 0.0625. The Kier molecular flexibility index (Phi) is 4.63. The van der Waals surface area contributed by atoms with Crippen LogP contribution in [0.4, 0.5) is 0 Å². The Labute approximate surface area is 117 Å². The Bertz CT molecular complexity index is 642. The highest BCUT2D eigenvalue weighted by atomic mass is 16.1. The highest BCUT2D eigenvalue weighted by Crippen LogP contribution is 2.04. The Balaban J connectivity index is 2.03. The summed E-state index contributed by atoms with van der Waals surface area (Å²) < 4.78 is 0. The molecule has 0 aliphatic carbocycles. The smallest absolute Gasteiger partial charge is 0.262 e. The van der Waals surface area contributed by atoms with Gasteiger partial charge >= 0.3 is 0 Å². The number of hydrogen-bond donors (Lipinski definition) is 1. The number of nitriles is 1. The van der Waals surface area contributed by atoms with E-state index in [-0.39, 0.29) is 5.57 Å². The summed E-state index contributed by atoms with van der Waals surface area (Å²) >= 11 is 0. The van der Waals surface area contributed by atoms with Crippen molar-refractivity contribution in [2.75, 3.05) is 0 Å². The van der Waals surface area contributed by atoms with E-state index in [0.717, 1.165) is 5.56 Å². The fourth-order valence-electron chi connectivity index (χ4n) is 1.63. The molecule has 4 heteroatoms. The minimum atomic E-state index is -0.401. The predicted molar refractivity (Wildman–Crippen MR) is 76.1 cm³/mol. The number of carbonyl (C=O) groups excluding carboxylic acids is 1. The molecule has 0 radical (unpaired) electrons. The predicted octanol–water partition coefficient (Wildman–Crippen LogP) is 2.30. The summed E-state index contributed by atoms with van der Waals surface area (Å²) in [4.78, 5) is 16.0. The van der Waals surface area contributed by atoms with E-state index in [1.165, 1.54) is 6.08 Å². The number of hydrogen-bond acceptors (Lipinski definition) is 3. The van der Waals surface area contributed by atoms with E-state index in [2.05, 4.69) is 10.3 Å². The third-order valence-corrected chi connectivity index (χ3v) is 2.64. The van der Waals surface area contributed by atoms with Crippen molar-refractivity contribution in [3.63, 3.8) is 0 Å². The number of aromatic nitrogens is 1. The lowest BCUT2D eigenvalue weighted by atomic mass is 10.2. The lowest BCUT2D eigenvalue weighted by Gasteiger charge is -2.04. The molecule has 0 atom stereocenters. The average molecular weight is 263 g/mol. The number of amides is 1. The molecule has 1 N–H and O–H groups in total. The highest BCUT2D eigenvalue weighted by Gasteiger charge is 2.08. The van der Waals surface area contributed by atoms with Crippen molar-refractivity contribution >= 4 is 12.0 Å². The quantitative estimate of drug-likeness (QED) is 0.680. The van der Waals surface area contributed by atoms with Gasteiger partial charge in [-0.1, -0.05) is 36.4 Å². The SMILES string of the molecule is N#CC(=Cc1ccccn1)C(=O)NCc1ccccc1. The second-order valence-electron chi connectivity index (χ2n) is 4.09. The molecule has 0 fully saturated rings. The van der Waals surface area contributed by atoms with Crippen molar-refractivity contribution in [2.45, 2.75) is 6.54 Å². The van der Waals surface area contributed by atoms with Crippen LogP contribution < -0.4 is 5.32 Å². The van der Waals surface area contributed by atoms with Gasteiger partial charge in [0.2, 0.25) is 0 Å². The fourth-order valence-corrected chi connectivity index (χ4v) is 1.63. The maximum atomic E-state index is 11.9. The largest absolute Gasteiger partial charge is 0.347 e. The molecule has 20 heavy (non-hydrogen) atoms. The standard InChI is InChI=1S/C16H13N3O/c17-11-14(10-15-8-4-5-9-18-15)16(20)19-12-13-6-2-1-3-7-13/h1-10H,12H2,(H,19,20). The first kappa shape index (κ1) is 13.5. The second kappa shape index (κ2) is 6.86. The number of nitrogens with zero attached hydrogens (tertiary/aromatic N) is 2. The van der Waals surface area contributed by atoms with Crippen LogP contribution in [0.15, 0.2) is 60.3 Å². The normalized spacial score (nSPS) is 10.7. The zero-order valence-corrected chi connectivity index (χ0v) is 10.8. The first-order chi connectivity index (χ1) is 9.79. The maximum Gasteiger partial charge on any atom is 0.262 e. The number of nitrogens with one attached hydrogen (secondary N) is 1. The topological polar surface area (TPSA) is 65.8 Å². The third-order valence-electron chi connectivity index (χ3n) is 2.64. The first-order valence-electron chi connectivity index (χ1n) is 6.14. The van der Waals surface area contributed by atoms with Gasteiger partial charge in [0.05, 0.1) is 5.69 Å². The Morgan fingerprint density at radius 3 is 2.60 bits per heavy atom.